The number of carbonyl (C=O) groups excluding carboxylic acids is 1. The smallest absolute Gasteiger partial charge is 0.269 e. The first-order valence-corrected chi connectivity index (χ1v) is 8.29. The number of nitro groups is 1. The second-order valence-corrected chi connectivity index (χ2v) is 6.22. The van der Waals surface area contributed by atoms with Gasteiger partial charge in [0.15, 0.2) is 0 Å². The number of hydrazone groups is 1. The number of nitrogens with one attached hydrogen (secondary N) is 1. The van der Waals surface area contributed by atoms with Crippen LogP contribution < -0.4 is 5.43 Å². The molecular formula is C17H17N3O3S. The molecule has 6 nitrogen and oxygen atoms in total. The maximum atomic E-state index is 11.7. The highest BCUT2D eigenvalue weighted by Gasteiger charge is 2.03. The monoisotopic (exact) mass is 343 g/mol. The molecule has 0 atom stereocenters. The van der Waals surface area contributed by atoms with E-state index in [0.29, 0.717) is 17.7 Å². The van der Waals surface area contributed by atoms with E-state index in [1.54, 1.807) is 23.9 Å². The number of thioether (sulfide) groups is 1. The number of hydrogen-bond donors (Lipinski definition) is 1. The molecule has 1 N–H and O–H groups in total. The van der Waals surface area contributed by atoms with Gasteiger partial charge in [-0.15, -0.1) is 11.8 Å². The Balaban J connectivity index is 1.72. The van der Waals surface area contributed by atoms with Crippen molar-refractivity contribution >= 4 is 29.6 Å². The predicted octanol–water partition coefficient (Wildman–Crippen LogP) is 3.54. The lowest BCUT2D eigenvalue weighted by molar-refractivity contribution is -0.384. The zero-order chi connectivity index (χ0) is 17.4. The van der Waals surface area contributed by atoms with Crippen LogP contribution in [0.3, 0.4) is 0 Å². The molecule has 0 aliphatic heterocycles. The zero-order valence-electron chi connectivity index (χ0n) is 13.1. The van der Waals surface area contributed by atoms with Crippen molar-refractivity contribution in [2.24, 2.45) is 5.10 Å². The summed E-state index contributed by atoms with van der Waals surface area (Å²) >= 11 is 1.62. The van der Waals surface area contributed by atoms with Crippen LogP contribution in [0, 0.1) is 17.0 Å². The van der Waals surface area contributed by atoms with Gasteiger partial charge in [0.05, 0.1) is 11.1 Å². The van der Waals surface area contributed by atoms with Crippen molar-refractivity contribution in [2.45, 2.75) is 18.2 Å². The van der Waals surface area contributed by atoms with Crippen molar-refractivity contribution < 1.29 is 9.72 Å². The van der Waals surface area contributed by atoms with Crippen molar-refractivity contribution in [1.29, 1.82) is 0 Å². The quantitative estimate of drug-likeness (QED) is 0.361. The molecule has 0 aromatic heterocycles. The molecule has 0 bridgehead atoms. The Morgan fingerprint density at radius 1 is 1.21 bits per heavy atom. The van der Waals surface area contributed by atoms with Crippen LogP contribution in [0.15, 0.2) is 58.5 Å². The van der Waals surface area contributed by atoms with Crippen molar-refractivity contribution in [1.82, 2.24) is 5.43 Å². The summed E-state index contributed by atoms with van der Waals surface area (Å²) in [6.07, 6.45) is 1.81. The average Bonchev–Trinajstić information content (AvgIpc) is 2.57. The van der Waals surface area contributed by atoms with Gasteiger partial charge in [0, 0.05) is 29.2 Å². The fraction of sp³-hybridized carbons (Fsp3) is 0.176. The third kappa shape index (κ3) is 5.85. The summed E-state index contributed by atoms with van der Waals surface area (Å²) in [7, 11) is 0. The largest absolute Gasteiger partial charge is 0.273 e. The van der Waals surface area contributed by atoms with E-state index in [1.807, 2.05) is 31.2 Å². The number of carbonyl (C=O) groups is 1. The van der Waals surface area contributed by atoms with Gasteiger partial charge in [0.25, 0.3) is 5.69 Å². The molecule has 0 saturated heterocycles. The van der Waals surface area contributed by atoms with Crippen LogP contribution in [0.5, 0.6) is 0 Å². The van der Waals surface area contributed by atoms with Gasteiger partial charge >= 0.3 is 0 Å². The first-order valence-electron chi connectivity index (χ1n) is 7.30. The predicted molar refractivity (Wildman–Crippen MR) is 95.4 cm³/mol. The van der Waals surface area contributed by atoms with Crippen molar-refractivity contribution in [2.75, 3.05) is 5.75 Å². The highest BCUT2D eigenvalue weighted by molar-refractivity contribution is 7.99. The molecule has 0 saturated carbocycles. The van der Waals surface area contributed by atoms with Crippen molar-refractivity contribution in [3.05, 3.63) is 69.8 Å². The van der Waals surface area contributed by atoms with Gasteiger partial charge in [0.2, 0.25) is 5.91 Å². The van der Waals surface area contributed by atoms with E-state index < -0.39 is 4.92 Å². The Morgan fingerprint density at radius 3 is 2.50 bits per heavy atom. The van der Waals surface area contributed by atoms with Crippen molar-refractivity contribution in [3.8, 4) is 0 Å². The van der Waals surface area contributed by atoms with E-state index in [1.165, 1.54) is 23.9 Å². The summed E-state index contributed by atoms with van der Waals surface area (Å²) in [5, 5.41) is 14.4. The Kier molecular flexibility index (Phi) is 6.51. The van der Waals surface area contributed by atoms with Gasteiger partial charge in [-0.1, -0.05) is 17.7 Å². The number of rotatable bonds is 7. The number of non-ortho nitro benzene ring substituents is 1. The van der Waals surface area contributed by atoms with Gasteiger partial charge in [-0.2, -0.15) is 5.10 Å². The Bertz CT molecular complexity index is 728. The van der Waals surface area contributed by atoms with Crippen LogP contribution in [0.1, 0.15) is 17.5 Å². The molecule has 1 amide bonds. The molecule has 2 rings (SSSR count). The van der Waals surface area contributed by atoms with Crippen LogP contribution in [-0.4, -0.2) is 22.8 Å². The normalized spacial score (nSPS) is 10.7. The molecule has 2 aromatic carbocycles. The highest BCUT2D eigenvalue weighted by atomic mass is 32.2. The van der Waals surface area contributed by atoms with E-state index in [4.69, 9.17) is 0 Å². The summed E-state index contributed by atoms with van der Waals surface area (Å²) in [6.45, 7) is 2.03. The van der Waals surface area contributed by atoms with Crippen LogP contribution >= 0.6 is 11.8 Å². The lowest BCUT2D eigenvalue weighted by Crippen LogP contribution is -2.17. The molecule has 0 aliphatic carbocycles. The summed E-state index contributed by atoms with van der Waals surface area (Å²) in [5.74, 6) is 0.495. The lowest BCUT2D eigenvalue weighted by atomic mass is 10.2. The number of nitrogens with zero attached hydrogens (tertiary/aromatic N) is 2. The molecule has 124 valence electrons. The molecule has 0 aliphatic rings. The van der Waals surface area contributed by atoms with Gasteiger partial charge in [-0.05, 0) is 36.8 Å². The Labute approximate surface area is 144 Å². The first-order chi connectivity index (χ1) is 11.5. The summed E-state index contributed by atoms with van der Waals surface area (Å²) in [6, 6.07) is 14.1. The van der Waals surface area contributed by atoms with Gasteiger partial charge in [-0.3, -0.25) is 14.9 Å². The molecule has 24 heavy (non-hydrogen) atoms. The maximum absolute atomic E-state index is 11.7. The molecule has 0 heterocycles. The second kappa shape index (κ2) is 8.83. The first kappa shape index (κ1) is 17.7. The van der Waals surface area contributed by atoms with Crippen LogP contribution in [0.4, 0.5) is 5.69 Å². The molecule has 0 spiro atoms. The number of hydrogen-bond acceptors (Lipinski definition) is 5. The number of aryl methyl sites for hydroxylation is 1. The van der Waals surface area contributed by atoms with E-state index in [9.17, 15) is 14.9 Å². The fourth-order valence-corrected chi connectivity index (χ4v) is 2.66. The Hall–Kier alpha value is -2.67. The zero-order valence-corrected chi connectivity index (χ0v) is 14.0. The third-order valence-corrected chi connectivity index (χ3v) is 4.14. The standard InChI is InChI=1S/C17H17N3O3S/c1-13-2-8-16(9-3-13)24-11-10-17(21)19-18-12-14-4-6-15(7-5-14)20(22)23/h2-9,12H,10-11H2,1H3,(H,19,21)/b18-12-. The highest BCUT2D eigenvalue weighted by Crippen LogP contribution is 2.18. The number of benzene rings is 2. The minimum Gasteiger partial charge on any atom is -0.273 e. The number of nitro benzene ring substituents is 1. The summed E-state index contributed by atoms with van der Waals surface area (Å²) in [4.78, 5) is 22.9. The van der Waals surface area contributed by atoms with E-state index in [-0.39, 0.29) is 11.6 Å². The molecule has 0 fully saturated rings. The van der Waals surface area contributed by atoms with Gasteiger partial charge in [-0.25, -0.2) is 5.43 Å². The van der Waals surface area contributed by atoms with E-state index in [0.717, 1.165) is 4.90 Å². The summed E-state index contributed by atoms with van der Waals surface area (Å²) in [5.41, 5.74) is 4.35. The SMILES string of the molecule is Cc1ccc(SCCC(=O)N/N=C\c2ccc([N+](=O)[O-])cc2)cc1. The minimum atomic E-state index is -0.464. The molecule has 0 unspecified atom stereocenters. The van der Waals surface area contributed by atoms with Crippen LogP contribution in [0.25, 0.3) is 0 Å². The van der Waals surface area contributed by atoms with Crippen LogP contribution in [-0.2, 0) is 4.79 Å². The van der Waals surface area contributed by atoms with E-state index >= 15 is 0 Å². The number of amides is 1. The van der Waals surface area contributed by atoms with E-state index in [2.05, 4.69) is 10.5 Å². The maximum Gasteiger partial charge on any atom is 0.269 e. The second-order valence-electron chi connectivity index (χ2n) is 5.05. The lowest BCUT2D eigenvalue weighted by Gasteiger charge is -2.02. The summed E-state index contributed by atoms with van der Waals surface area (Å²) < 4.78 is 0. The average molecular weight is 343 g/mol. The van der Waals surface area contributed by atoms with Gasteiger partial charge < -0.3 is 0 Å². The molecule has 7 heteroatoms. The third-order valence-electron chi connectivity index (χ3n) is 3.13. The van der Waals surface area contributed by atoms with Crippen LogP contribution in [0.2, 0.25) is 0 Å². The Morgan fingerprint density at radius 2 is 1.88 bits per heavy atom. The minimum absolute atomic E-state index is 0.0179. The van der Waals surface area contributed by atoms with Crippen molar-refractivity contribution in [3.63, 3.8) is 0 Å². The fourth-order valence-electron chi connectivity index (χ4n) is 1.81. The molecular weight excluding hydrogens is 326 g/mol. The molecule has 0 radical (unpaired) electrons. The topological polar surface area (TPSA) is 84.6 Å². The van der Waals surface area contributed by atoms with Gasteiger partial charge in [0.1, 0.15) is 0 Å². The molecule has 2 aromatic rings.